The Bertz CT molecular complexity index is 501. The van der Waals surface area contributed by atoms with Crippen LogP contribution in [0.1, 0.15) is 12.8 Å². The fraction of sp³-hybridized carbons (Fsp3) is 0.500. The number of anilines is 1. The first-order valence-corrected chi connectivity index (χ1v) is 5.49. The highest BCUT2D eigenvalue weighted by Gasteiger charge is 2.19. The number of hydrogen-bond donors (Lipinski definition) is 2. The maximum atomic E-state index is 5.71. The van der Waals surface area contributed by atoms with Crippen molar-refractivity contribution in [3.05, 3.63) is 12.7 Å². The van der Waals surface area contributed by atoms with Gasteiger partial charge in [0.1, 0.15) is 11.8 Å². The van der Waals surface area contributed by atoms with E-state index in [4.69, 9.17) is 5.73 Å². The first-order valence-electron chi connectivity index (χ1n) is 5.49. The summed E-state index contributed by atoms with van der Waals surface area (Å²) in [7, 11) is 0. The molecule has 2 heterocycles. The van der Waals surface area contributed by atoms with E-state index in [9.17, 15) is 0 Å². The fourth-order valence-electron chi connectivity index (χ4n) is 1.74. The molecule has 0 unspecified atom stereocenters. The molecule has 0 aromatic carbocycles. The molecule has 1 aliphatic carbocycles. The van der Waals surface area contributed by atoms with Gasteiger partial charge in [0.25, 0.3) is 0 Å². The van der Waals surface area contributed by atoms with Gasteiger partial charge < -0.3 is 15.6 Å². The van der Waals surface area contributed by atoms with Crippen LogP contribution < -0.4 is 11.1 Å². The molecule has 1 aliphatic rings. The van der Waals surface area contributed by atoms with Crippen molar-refractivity contribution in [3.63, 3.8) is 0 Å². The van der Waals surface area contributed by atoms with Crippen LogP contribution in [0.5, 0.6) is 0 Å². The fourth-order valence-corrected chi connectivity index (χ4v) is 1.74. The number of imidazole rings is 1. The number of nitrogens with two attached hydrogens (primary N) is 1. The predicted molar refractivity (Wildman–Crippen MR) is 60.8 cm³/mol. The topological polar surface area (TPSA) is 81.7 Å². The third kappa shape index (κ3) is 1.71. The van der Waals surface area contributed by atoms with Crippen molar-refractivity contribution in [3.8, 4) is 0 Å². The van der Waals surface area contributed by atoms with Crippen molar-refractivity contribution in [2.24, 2.45) is 0 Å². The summed E-state index contributed by atoms with van der Waals surface area (Å²) >= 11 is 0. The maximum absolute atomic E-state index is 5.71. The minimum atomic E-state index is 0.443. The van der Waals surface area contributed by atoms with Gasteiger partial charge in [-0.05, 0) is 12.8 Å². The van der Waals surface area contributed by atoms with Crippen LogP contribution in [0.4, 0.5) is 5.82 Å². The molecular formula is C10H14N6. The summed E-state index contributed by atoms with van der Waals surface area (Å²) < 4.78 is 2.00. The quantitative estimate of drug-likeness (QED) is 0.764. The number of fused-ring (bicyclic) bond motifs is 1. The summed E-state index contributed by atoms with van der Waals surface area (Å²) in [5, 5.41) is 3.45. The van der Waals surface area contributed by atoms with Gasteiger partial charge in [-0.25, -0.2) is 15.0 Å². The average molecular weight is 218 g/mol. The molecule has 3 rings (SSSR count). The Hall–Kier alpha value is -1.69. The van der Waals surface area contributed by atoms with Crippen molar-refractivity contribution < 1.29 is 0 Å². The van der Waals surface area contributed by atoms with Crippen molar-refractivity contribution >= 4 is 17.0 Å². The van der Waals surface area contributed by atoms with Gasteiger partial charge in [0.15, 0.2) is 11.5 Å². The van der Waals surface area contributed by atoms with Crippen LogP contribution >= 0.6 is 0 Å². The second-order valence-corrected chi connectivity index (χ2v) is 4.10. The van der Waals surface area contributed by atoms with Crippen LogP contribution in [0.3, 0.4) is 0 Å². The van der Waals surface area contributed by atoms with Gasteiger partial charge in [0.05, 0.1) is 6.33 Å². The normalized spacial score (nSPS) is 15.8. The Morgan fingerprint density at radius 2 is 2.25 bits per heavy atom. The van der Waals surface area contributed by atoms with Gasteiger partial charge in [0.2, 0.25) is 0 Å². The number of nitrogens with zero attached hydrogens (tertiary/aromatic N) is 4. The largest absolute Gasteiger partial charge is 0.382 e. The van der Waals surface area contributed by atoms with Crippen molar-refractivity contribution in [1.29, 1.82) is 0 Å². The van der Waals surface area contributed by atoms with Gasteiger partial charge in [0, 0.05) is 19.1 Å². The first kappa shape index (κ1) is 9.53. The molecule has 0 bridgehead atoms. The van der Waals surface area contributed by atoms with Gasteiger partial charge in [-0.3, -0.25) is 0 Å². The van der Waals surface area contributed by atoms with E-state index in [2.05, 4.69) is 20.3 Å². The number of rotatable bonds is 4. The Kier molecular flexibility index (Phi) is 2.21. The van der Waals surface area contributed by atoms with Gasteiger partial charge >= 0.3 is 0 Å². The lowest BCUT2D eigenvalue weighted by Crippen LogP contribution is -2.21. The van der Waals surface area contributed by atoms with E-state index in [1.54, 1.807) is 6.33 Å². The molecule has 0 saturated heterocycles. The van der Waals surface area contributed by atoms with E-state index in [-0.39, 0.29) is 0 Å². The number of nitrogens with one attached hydrogen (secondary N) is 1. The Morgan fingerprint density at radius 3 is 3.06 bits per heavy atom. The third-order valence-corrected chi connectivity index (χ3v) is 2.79. The van der Waals surface area contributed by atoms with E-state index in [0.29, 0.717) is 11.3 Å². The van der Waals surface area contributed by atoms with Crippen LogP contribution in [-0.4, -0.2) is 32.1 Å². The SMILES string of the molecule is Nc1ncnc2c1ncn2CCNC1CC1. The summed E-state index contributed by atoms with van der Waals surface area (Å²) in [5.41, 5.74) is 7.21. The highest BCUT2D eigenvalue weighted by Crippen LogP contribution is 2.18. The molecular weight excluding hydrogens is 204 g/mol. The second kappa shape index (κ2) is 3.71. The first-order chi connectivity index (χ1) is 7.84. The number of nitrogen functional groups attached to an aromatic ring is 1. The van der Waals surface area contributed by atoms with Crippen LogP contribution in [0.25, 0.3) is 11.2 Å². The Balaban J connectivity index is 1.77. The molecule has 0 atom stereocenters. The zero-order valence-electron chi connectivity index (χ0n) is 8.93. The molecule has 84 valence electrons. The van der Waals surface area contributed by atoms with Crippen molar-refractivity contribution in [2.75, 3.05) is 12.3 Å². The predicted octanol–water partition coefficient (Wildman–Crippen LogP) is 0.160. The highest BCUT2D eigenvalue weighted by molar-refractivity contribution is 5.80. The average Bonchev–Trinajstić information content (AvgIpc) is 3.00. The van der Waals surface area contributed by atoms with Crippen molar-refractivity contribution in [2.45, 2.75) is 25.4 Å². The van der Waals surface area contributed by atoms with Crippen LogP contribution in [-0.2, 0) is 6.54 Å². The molecule has 6 nitrogen and oxygen atoms in total. The Morgan fingerprint density at radius 1 is 1.38 bits per heavy atom. The molecule has 16 heavy (non-hydrogen) atoms. The number of hydrogen-bond acceptors (Lipinski definition) is 5. The Labute approximate surface area is 92.9 Å². The summed E-state index contributed by atoms with van der Waals surface area (Å²) in [5.74, 6) is 0.443. The molecule has 0 radical (unpaired) electrons. The second-order valence-electron chi connectivity index (χ2n) is 4.10. The lowest BCUT2D eigenvalue weighted by molar-refractivity contribution is 0.601. The molecule has 0 amide bonds. The van der Waals surface area contributed by atoms with Gasteiger partial charge in [-0.15, -0.1) is 0 Å². The van der Waals surface area contributed by atoms with Crippen LogP contribution in [0.15, 0.2) is 12.7 Å². The van der Waals surface area contributed by atoms with E-state index >= 15 is 0 Å². The van der Waals surface area contributed by atoms with Crippen LogP contribution in [0.2, 0.25) is 0 Å². The molecule has 2 aromatic rings. The summed E-state index contributed by atoms with van der Waals surface area (Å²) in [6, 6.07) is 0.731. The lowest BCUT2D eigenvalue weighted by Gasteiger charge is -2.04. The molecule has 0 aliphatic heterocycles. The van der Waals surface area contributed by atoms with E-state index in [1.807, 2.05) is 4.57 Å². The zero-order chi connectivity index (χ0) is 11.0. The zero-order valence-corrected chi connectivity index (χ0v) is 8.93. The molecule has 0 spiro atoms. The summed E-state index contributed by atoms with van der Waals surface area (Å²) in [6.07, 6.45) is 5.86. The minimum Gasteiger partial charge on any atom is -0.382 e. The lowest BCUT2D eigenvalue weighted by atomic mass is 10.5. The number of aromatic nitrogens is 4. The molecule has 3 N–H and O–H groups in total. The molecule has 1 saturated carbocycles. The van der Waals surface area contributed by atoms with Gasteiger partial charge in [-0.1, -0.05) is 0 Å². The molecule has 6 heteroatoms. The van der Waals surface area contributed by atoms with E-state index in [0.717, 1.165) is 24.8 Å². The summed E-state index contributed by atoms with van der Waals surface area (Å²) in [4.78, 5) is 12.3. The monoisotopic (exact) mass is 218 g/mol. The van der Waals surface area contributed by atoms with Gasteiger partial charge in [-0.2, -0.15) is 0 Å². The van der Waals surface area contributed by atoms with E-state index in [1.165, 1.54) is 19.2 Å². The molecule has 1 fully saturated rings. The molecule has 2 aromatic heterocycles. The smallest absolute Gasteiger partial charge is 0.165 e. The van der Waals surface area contributed by atoms with Crippen molar-refractivity contribution in [1.82, 2.24) is 24.8 Å². The standard InChI is InChI=1S/C10H14N6/c11-9-8-10(14-5-13-9)16(6-15-8)4-3-12-7-1-2-7/h5-7,12H,1-4H2,(H2,11,13,14). The summed E-state index contributed by atoms with van der Waals surface area (Å²) in [6.45, 7) is 1.81. The van der Waals surface area contributed by atoms with E-state index < -0.39 is 0 Å². The third-order valence-electron chi connectivity index (χ3n) is 2.79. The maximum Gasteiger partial charge on any atom is 0.165 e. The van der Waals surface area contributed by atoms with Crippen LogP contribution in [0, 0.1) is 0 Å². The minimum absolute atomic E-state index is 0.443. The highest BCUT2D eigenvalue weighted by atomic mass is 15.1.